The van der Waals surface area contributed by atoms with E-state index in [0.29, 0.717) is 5.69 Å². The molecule has 2 rings (SSSR count). The fourth-order valence-corrected chi connectivity index (χ4v) is 3.54. The van der Waals surface area contributed by atoms with E-state index in [0.717, 1.165) is 6.07 Å². The van der Waals surface area contributed by atoms with Crippen molar-refractivity contribution in [1.29, 1.82) is 5.26 Å². The molecule has 0 atom stereocenters. The van der Waals surface area contributed by atoms with Gasteiger partial charge in [-0.3, -0.25) is 9.59 Å². The summed E-state index contributed by atoms with van der Waals surface area (Å²) >= 11 is 17.4. The zero-order valence-corrected chi connectivity index (χ0v) is 17.5. The van der Waals surface area contributed by atoms with Gasteiger partial charge in [-0.1, -0.05) is 34.8 Å². The summed E-state index contributed by atoms with van der Waals surface area (Å²) in [5.74, 6) is -1.65. The number of esters is 1. The molecular weight excluding hydrogens is 465 g/mol. The van der Waals surface area contributed by atoms with E-state index in [-0.39, 0.29) is 25.5 Å². The minimum absolute atomic E-state index is 0.0386. The molecule has 0 saturated carbocycles. The van der Waals surface area contributed by atoms with Gasteiger partial charge >= 0.3 is 5.97 Å². The van der Waals surface area contributed by atoms with Gasteiger partial charge < -0.3 is 10.1 Å². The fourth-order valence-electron chi connectivity index (χ4n) is 1.96. The van der Waals surface area contributed by atoms with Gasteiger partial charge in [-0.25, -0.2) is 8.42 Å². The Bertz CT molecular complexity index is 1100. The third-order valence-electron chi connectivity index (χ3n) is 3.35. The van der Waals surface area contributed by atoms with E-state index < -0.39 is 35.1 Å². The number of nitriles is 1. The van der Waals surface area contributed by atoms with Crippen LogP contribution in [0.25, 0.3) is 0 Å². The van der Waals surface area contributed by atoms with Crippen molar-refractivity contribution in [2.24, 2.45) is 0 Å². The number of carbonyl (C=O) groups is 2. The zero-order valence-electron chi connectivity index (χ0n) is 14.4. The van der Waals surface area contributed by atoms with Crippen LogP contribution in [-0.4, -0.2) is 33.4 Å². The molecule has 0 aliphatic heterocycles. The normalized spacial score (nSPS) is 10.8. The monoisotopic (exact) mass is 475 g/mol. The summed E-state index contributed by atoms with van der Waals surface area (Å²) < 4.78 is 31.0. The highest BCUT2D eigenvalue weighted by Crippen LogP contribution is 2.24. The van der Waals surface area contributed by atoms with E-state index in [1.54, 1.807) is 0 Å². The summed E-state index contributed by atoms with van der Waals surface area (Å²) in [6.07, 6.45) is 0. The SMILES string of the molecule is N#Cc1ccc(NC(=O)COC(=O)CNS(=O)(=O)c2ccc(Cl)c(Cl)c2)cc1Cl. The van der Waals surface area contributed by atoms with E-state index in [1.165, 1.54) is 30.3 Å². The molecule has 0 unspecified atom stereocenters. The minimum atomic E-state index is -4.03. The third-order valence-corrected chi connectivity index (χ3v) is 5.80. The van der Waals surface area contributed by atoms with Crippen LogP contribution < -0.4 is 10.0 Å². The number of hydrogen-bond donors (Lipinski definition) is 2. The molecule has 152 valence electrons. The molecule has 12 heteroatoms. The molecule has 0 aliphatic carbocycles. The highest BCUT2D eigenvalue weighted by atomic mass is 35.5. The lowest BCUT2D eigenvalue weighted by Gasteiger charge is -2.09. The third kappa shape index (κ3) is 6.59. The van der Waals surface area contributed by atoms with Crippen LogP contribution in [0.5, 0.6) is 0 Å². The van der Waals surface area contributed by atoms with E-state index in [9.17, 15) is 18.0 Å². The summed E-state index contributed by atoms with van der Waals surface area (Å²) in [5.41, 5.74) is 0.542. The van der Waals surface area contributed by atoms with E-state index in [1.807, 2.05) is 10.8 Å². The van der Waals surface area contributed by atoms with Gasteiger partial charge in [0.15, 0.2) is 6.61 Å². The van der Waals surface area contributed by atoms with Crippen LogP contribution in [0.15, 0.2) is 41.3 Å². The molecule has 2 aromatic carbocycles. The molecule has 0 fully saturated rings. The maximum absolute atomic E-state index is 12.1. The van der Waals surface area contributed by atoms with Gasteiger partial charge in [0.25, 0.3) is 5.91 Å². The average molecular weight is 477 g/mol. The average Bonchev–Trinajstić information content (AvgIpc) is 2.67. The predicted molar refractivity (Wildman–Crippen MR) is 107 cm³/mol. The number of nitrogens with zero attached hydrogens (tertiary/aromatic N) is 1. The number of benzene rings is 2. The van der Waals surface area contributed by atoms with Crippen LogP contribution in [0, 0.1) is 11.3 Å². The van der Waals surface area contributed by atoms with Crippen molar-refractivity contribution < 1.29 is 22.7 Å². The Morgan fingerprint density at radius 1 is 1.03 bits per heavy atom. The summed E-state index contributed by atoms with van der Waals surface area (Å²) in [5, 5.41) is 11.6. The number of ether oxygens (including phenoxy) is 1. The Labute approximate surface area is 181 Å². The second kappa shape index (κ2) is 9.91. The first kappa shape index (κ1) is 22.9. The largest absolute Gasteiger partial charge is 0.455 e. The quantitative estimate of drug-likeness (QED) is 0.592. The lowest BCUT2D eigenvalue weighted by atomic mass is 10.2. The van der Waals surface area contributed by atoms with Gasteiger partial charge in [-0.2, -0.15) is 9.98 Å². The van der Waals surface area contributed by atoms with Crippen LogP contribution in [0.1, 0.15) is 5.56 Å². The Hall–Kier alpha value is -2.35. The lowest BCUT2D eigenvalue weighted by Crippen LogP contribution is -2.32. The first-order valence-electron chi connectivity index (χ1n) is 7.72. The van der Waals surface area contributed by atoms with E-state index in [2.05, 4.69) is 5.32 Å². The van der Waals surface area contributed by atoms with Crippen molar-refractivity contribution in [2.75, 3.05) is 18.5 Å². The highest BCUT2D eigenvalue weighted by Gasteiger charge is 2.18. The number of carbonyl (C=O) groups excluding carboxylic acids is 2. The molecule has 0 aromatic heterocycles. The standard InChI is InChI=1S/C17H12Cl3N3O5S/c18-13-4-3-12(6-15(13)20)29(26,27)22-8-17(25)28-9-16(24)23-11-2-1-10(7-21)14(19)5-11/h1-6,22H,8-9H2,(H,23,24). The minimum Gasteiger partial charge on any atom is -0.455 e. The first-order chi connectivity index (χ1) is 13.6. The molecular formula is C17H12Cl3N3O5S. The summed E-state index contributed by atoms with van der Waals surface area (Å²) in [7, 11) is -4.03. The Balaban J connectivity index is 1.84. The Kier molecular flexibility index (Phi) is 7.84. The molecule has 2 aromatic rings. The lowest BCUT2D eigenvalue weighted by molar-refractivity contribution is -0.146. The number of sulfonamides is 1. The second-order valence-electron chi connectivity index (χ2n) is 5.42. The highest BCUT2D eigenvalue weighted by molar-refractivity contribution is 7.89. The molecule has 2 N–H and O–H groups in total. The summed E-state index contributed by atoms with van der Waals surface area (Å²) in [6, 6.07) is 9.77. The molecule has 29 heavy (non-hydrogen) atoms. The smallest absolute Gasteiger partial charge is 0.321 e. The predicted octanol–water partition coefficient (Wildman–Crippen LogP) is 2.98. The van der Waals surface area contributed by atoms with E-state index in [4.69, 9.17) is 44.8 Å². The van der Waals surface area contributed by atoms with Crippen molar-refractivity contribution >= 4 is 62.4 Å². The maximum atomic E-state index is 12.1. The van der Waals surface area contributed by atoms with Gasteiger partial charge in [0, 0.05) is 5.69 Å². The molecule has 0 aliphatic rings. The molecule has 1 amide bonds. The molecule has 0 radical (unpaired) electrons. The number of halogens is 3. The van der Waals surface area contributed by atoms with Crippen molar-refractivity contribution in [2.45, 2.75) is 4.90 Å². The van der Waals surface area contributed by atoms with Gasteiger partial charge in [-0.15, -0.1) is 0 Å². The summed E-state index contributed by atoms with van der Waals surface area (Å²) in [6.45, 7) is -1.34. The van der Waals surface area contributed by atoms with Crippen molar-refractivity contribution in [1.82, 2.24) is 4.72 Å². The van der Waals surface area contributed by atoms with Crippen LogP contribution in [0.4, 0.5) is 5.69 Å². The summed E-state index contributed by atoms with van der Waals surface area (Å²) in [4.78, 5) is 23.3. The number of amides is 1. The topological polar surface area (TPSA) is 125 Å². The number of rotatable bonds is 7. The van der Waals surface area contributed by atoms with Crippen molar-refractivity contribution in [3.05, 3.63) is 57.0 Å². The maximum Gasteiger partial charge on any atom is 0.321 e. The molecule has 0 bridgehead atoms. The second-order valence-corrected chi connectivity index (χ2v) is 8.40. The van der Waals surface area contributed by atoms with Gasteiger partial charge in [0.05, 0.1) is 25.5 Å². The molecule has 0 saturated heterocycles. The van der Waals surface area contributed by atoms with Gasteiger partial charge in [-0.05, 0) is 36.4 Å². The molecule has 0 spiro atoms. The fraction of sp³-hybridized carbons (Fsp3) is 0.118. The molecule has 8 nitrogen and oxygen atoms in total. The van der Waals surface area contributed by atoms with Crippen LogP contribution in [0.3, 0.4) is 0 Å². The zero-order chi connectivity index (χ0) is 21.6. The van der Waals surface area contributed by atoms with E-state index >= 15 is 0 Å². The first-order valence-corrected chi connectivity index (χ1v) is 10.3. The van der Waals surface area contributed by atoms with Gasteiger partial charge in [0.2, 0.25) is 10.0 Å². The number of hydrogen-bond acceptors (Lipinski definition) is 6. The van der Waals surface area contributed by atoms with Crippen molar-refractivity contribution in [3.63, 3.8) is 0 Å². The molecule has 0 heterocycles. The van der Waals surface area contributed by atoms with Gasteiger partial charge in [0.1, 0.15) is 12.6 Å². The van der Waals surface area contributed by atoms with Crippen LogP contribution in [0.2, 0.25) is 15.1 Å². The number of nitrogens with one attached hydrogen (secondary N) is 2. The van der Waals surface area contributed by atoms with Crippen LogP contribution in [-0.2, 0) is 24.3 Å². The Morgan fingerprint density at radius 2 is 1.76 bits per heavy atom. The Morgan fingerprint density at radius 3 is 2.38 bits per heavy atom. The number of anilines is 1. The van der Waals surface area contributed by atoms with Crippen molar-refractivity contribution in [3.8, 4) is 6.07 Å². The van der Waals surface area contributed by atoms with Crippen LogP contribution >= 0.6 is 34.8 Å².